The van der Waals surface area contributed by atoms with Gasteiger partial charge in [-0.3, -0.25) is 4.68 Å². The maximum Gasteiger partial charge on any atom is 0.339 e. The molecular formula is C11H19N3O3. The molecule has 0 radical (unpaired) electrons. The minimum atomic E-state index is -0.959. The van der Waals surface area contributed by atoms with Crippen LogP contribution in [0.1, 0.15) is 29.9 Å². The minimum absolute atomic E-state index is 0.213. The average molecular weight is 241 g/mol. The zero-order chi connectivity index (χ0) is 13.1. The Hall–Kier alpha value is -1.40. The van der Waals surface area contributed by atoms with Crippen molar-refractivity contribution in [2.24, 2.45) is 7.05 Å². The third-order valence-corrected chi connectivity index (χ3v) is 2.53. The number of hydrogen-bond donors (Lipinski definition) is 2. The fourth-order valence-electron chi connectivity index (χ4n) is 1.59. The highest BCUT2D eigenvalue weighted by molar-refractivity contribution is 5.88. The molecule has 0 fully saturated rings. The van der Waals surface area contributed by atoms with Gasteiger partial charge in [-0.2, -0.15) is 5.10 Å². The van der Waals surface area contributed by atoms with Crippen molar-refractivity contribution in [1.82, 2.24) is 15.1 Å². The standard InChI is InChI=1S/C11H19N3O3/c1-11(2,7-17-4)12-6-9-8(10(15)16)5-13-14(9)3/h5,12H,6-7H2,1-4H3,(H,15,16). The number of nitrogens with one attached hydrogen (secondary N) is 1. The van der Waals surface area contributed by atoms with E-state index in [-0.39, 0.29) is 11.1 Å². The van der Waals surface area contributed by atoms with E-state index in [0.29, 0.717) is 18.8 Å². The molecule has 0 bridgehead atoms. The van der Waals surface area contributed by atoms with Crippen molar-refractivity contribution in [3.8, 4) is 0 Å². The van der Waals surface area contributed by atoms with Crippen LogP contribution in [0.5, 0.6) is 0 Å². The fourth-order valence-corrected chi connectivity index (χ4v) is 1.59. The van der Waals surface area contributed by atoms with Gasteiger partial charge in [-0.05, 0) is 13.8 Å². The Labute approximate surface area is 101 Å². The van der Waals surface area contributed by atoms with Crippen molar-refractivity contribution in [2.75, 3.05) is 13.7 Å². The van der Waals surface area contributed by atoms with Crippen LogP contribution in [-0.4, -0.2) is 40.1 Å². The molecule has 0 aliphatic rings. The maximum absolute atomic E-state index is 11.0. The fraction of sp³-hybridized carbons (Fsp3) is 0.636. The van der Waals surface area contributed by atoms with Crippen LogP contribution in [0.15, 0.2) is 6.20 Å². The summed E-state index contributed by atoms with van der Waals surface area (Å²) in [5.74, 6) is -0.959. The SMILES string of the molecule is COCC(C)(C)NCc1c(C(=O)O)cnn1C. The summed E-state index contributed by atoms with van der Waals surface area (Å²) >= 11 is 0. The van der Waals surface area contributed by atoms with Gasteiger partial charge in [-0.15, -0.1) is 0 Å². The summed E-state index contributed by atoms with van der Waals surface area (Å²) in [6.45, 7) is 4.97. The van der Waals surface area contributed by atoms with Gasteiger partial charge in [0.1, 0.15) is 5.56 Å². The molecule has 0 aliphatic carbocycles. The van der Waals surface area contributed by atoms with Crippen LogP contribution in [0, 0.1) is 0 Å². The molecule has 96 valence electrons. The van der Waals surface area contributed by atoms with Crippen LogP contribution in [0.2, 0.25) is 0 Å². The minimum Gasteiger partial charge on any atom is -0.478 e. The van der Waals surface area contributed by atoms with Crippen LogP contribution < -0.4 is 5.32 Å². The molecule has 0 spiro atoms. The van der Waals surface area contributed by atoms with Crippen molar-refractivity contribution in [3.05, 3.63) is 17.5 Å². The first-order chi connectivity index (χ1) is 7.87. The molecule has 0 aliphatic heterocycles. The smallest absolute Gasteiger partial charge is 0.339 e. The largest absolute Gasteiger partial charge is 0.478 e. The molecule has 0 amide bonds. The molecule has 6 nitrogen and oxygen atoms in total. The van der Waals surface area contributed by atoms with Crippen LogP contribution >= 0.6 is 0 Å². The van der Waals surface area contributed by atoms with E-state index in [1.165, 1.54) is 6.20 Å². The molecule has 0 saturated heterocycles. The number of carbonyl (C=O) groups is 1. The number of ether oxygens (including phenoxy) is 1. The van der Waals surface area contributed by atoms with Gasteiger partial charge in [0, 0.05) is 26.2 Å². The van der Waals surface area contributed by atoms with E-state index in [9.17, 15) is 4.79 Å². The highest BCUT2D eigenvalue weighted by atomic mass is 16.5. The summed E-state index contributed by atoms with van der Waals surface area (Å²) < 4.78 is 6.65. The first kappa shape index (κ1) is 13.7. The van der Waals surface area contributed by atoms with E-state index in [1.54, 1.807) is 18.8 Å². The van der Waals surface area contributed by atoms with Crippen LogP contribution in [0.3, 0.4) is 0 Å². The number of aromatic carboxylic acids is 1. The third kappa shape index (κ3) is 3.54. The number of methoxy groups -OCH3 is 1. The Morgan fingerprint density at radius 2 is 2.29 bits per heavy atom. The van der Waals surface area contributed by atoms with Gasteiger partial charge < -0.3 is 15.2 Å². The van der Waals surface area contributed by atoms with E-state index in [4.69, 9.17) is 9.84 Å². The lowest BCUT2D eigenvalue weighted by Gasteiger charge is -2.25. The molecule has 1 rings (SSSR count). The molecule has 2 N–H and O–H groups in total. The molecule has 0 aromatic carbocycles. The average Bonchev–Trinajstić information content (AvgIpc) is 2.57. The van der Waals surface area contributed by atoms with Gasteiger partial charge in [0.15, 0.2) is 0 Å². The van der Waals surface area contributed by atoms with E-state index >= 15 is 0 Å². The third-order valence-electron chi connectivity index (χ3n) is 2.53. The first-order valence-corrected chi connectivity index (χ1v) is 5.35. The lowest BCUT2D eigenvalue weighted by molar-refractivity contribution is 0.0694. The molecule has 0 atom stereocenters. The summed E-state index contributed by atoms with van der Waals surface area (Å²) in [7, 11) is 3.36. The molecule has 6 heteroatoms. The van der Waals surface area contributed by atoms with Crippen LogP contribution in [0.25, 0.3) is 0 Å². The van der Waals surface area contributed by atoms with Gasteiger partial charge in [0.05, 0.1) is 18.5 Å². The van der Waals surface area contributed by atoms with Gasteiger partial charge in [-0.1, -0.05) is 0 Å². The van der Waals surface area contributed by atoms with Gasteiger partial charge >= 0.3 is 5.97 Å². The molecular weight excluding hydrogens is 222 g/mol. The van der Waals surface area contributed by atoms with Gasteiger partial charge in [0.2, 0.25) is 0 Å². The van der Waals surface area contributed by atoms with E-state index < -0.39 is 5.97 Å². The van der Waals surface area contributed by atoms with Crippen LogP contribution in [-0.2, 0) is 18.3 Å². The number of carboxylic acids is 1. The Kier molecular flexibility index (Phi) is 4.25. The highest BCUT2D eigenvalue weighted by Gasteiger charge is 2.20. The molecule has 1 heterocycles. The predicted octanol–water partition coefficient (Wildman–Crippen LogP) is 0.633. The number of aromatic nitrogens is 2. The summed E-state index contributed by atoms with van der Waals surface area (Å²) in [6.07, 6.45) is 1.36. The van der Waals surface area contributed by atoms with E-state index in [1.807, 2.05) is 13.8 Å². The van der Waals surface area contributed by atoms with Crippen LogP contribution in [0.4, 0.5) is 0 Å². The number of nitrogens with zero attached hydrogens (tertiary/aromatic N) is 2. The lowest BCUT2D eigenvalue weighted by Crippen LogP contribution is -2.43. The molecule has 1 aromatic rings. The van der Waals surface area contributed by atoms with E-state index in [2.05, 4.69) is 10.4 Å². The number of aryl methyl sites for hydroxylation is 1. The van der Waals surface area contributed by atoms with Crippen molar-refractivity contribution >= 4 is 5.97 Å². The van der Waals surface area contributed by atoms with Crippen molar-refractivity contribution in [1.29, 1.82) is 0 Å². The molecule has 1 aromatic heterocycles. The number of hydrogen-bond acceptors (Lipinski definition) is 4. The Bertz CT molecular complexity index is 399. The number of rotatable bonds is 6. The summed E-state index contributed by atoms with van der Waals surface area (Å²) in [6, 6.07) is 0. The monoisotopic (exact) mass is 241 g/mol. The normalized spacial score (nSPS) is 11.8. The lowest BCUT2D eigenvalue weighted by atomic mass is 10.1. The first-order valence-electron chi connectivity index (χ1n) is 5.35. The molecule has 0 saturated carbocycles. The molecule has 0 unspecified atom stereocenters. The van der Waals surface area contributed by atoms with Gasteiger partial charge in [-0.25, -0.2) is 4.79 Å². The quantitative estimate of drug-likeness (QED) is 0.764. The zero-order valence-corrected chi connectivity index (χ0v) is 10.6. The van der Waals surface area contributed by atoms with E-state index in [0.717, 1.165) is 0 Å². The second kappa shape index (κ2) is 5.29. The Morgan fingerprint density at radius 3 is 2.82 bits per heavy atom. The summed E-state index contributed by atoms with van der Waals surface area (Å²) in [5, 5.41) is 16.2. The second-order valence-electron chi connectivity index (χ2n) is 4.60. The summed E-state index contributed by atoms with van der Waals surface area (Å²) in [4.78, 5) is 11.0. The Morgan fingerprint density at radius 1 is 1.65 bits per heavy atom. The maximum atomic E-state index is 11.0. The summed E-state index contributed by atoms with van der Waals surface area (Å²) in [5.41, 5.74) is 0.671. The zero-order valence-electron chi connectivity index (χ0n) is 10.6. The van der Waals surface area contributed by atoms with Crippen molar-refractivity contribution in [2.45, 2.75) is 25.9 Å². The van der Waals surface area contributed by atoms with Crippen molar-refractivity contribution < 1.29 is 14.6 Å². The predicted molar refractivity (Wildman–Crippen MR) is 63.0 cm³/mol. The van der Waals surface area contributed by atoms with Gasteiger partial charge in [0.25, 0.3) is 0 Å². The Balaban J connectivity index is 2.75. The second-order valence-corrected chi connectivity index (χ2v) is 4.60. The van der Waals surface area contributed by atoms with Crippen molar-refractivity contribution in [3.63, 3.8) is 0 Å². The highest BCUT2D eigenvalue weighted by Crippen LogP contribution is 2.10. The molecule has 17 heavy (non-hydrogen) atoms. The topological polar surface area (TPSA) is 76.4 Å². The number of carboxylic acid groups (broad SMARTS) is 1.